The highest BCUT2D eigenvalue weighted by atomic mass is 35.5. The Kier molecular flexibility index (Phi) is 6.51. The van der Waals surface area contributed by atoms with E-state index in [0.29, 0.717) is 27.7 Å². The first-order valence-electron chi connectivity index (χ1n) is 10.1. The molecular weight excluding hydrogens is 445 g/mol. The topological polar surface area (TPSA) is 84.2 Å². The number of carbonyl (C=O) groups is 2. The molecule has 0 unspecified atom stereocenters. The van der Waals surface area contributed by atoms with Crippen LogP contribution in [0, 0.1) is 12.7 Å². The van der Waals surface area contributed by atoms with Crippen molar-refractivity contribution in [1.29, 1.82) is 0 Å². The van der Waals surface area contributed by atoms with E-state index < -0.39 is 11.7 Å². The van der Waals surface area contributed by atoms with Crippen LogP contribution < -0.4 is 10.6 Å². The van der Waals surface area contributed by atoms with Crippen LogP contribution in [-0.2, 0) is 11.2 Å². The normalized spacial score (nSPS) is 10.6. The van der Waals surface area contributed by atoms with Crippen LogP contribution >= 0.6 is 11.6 Å². The van der Waals surface area contributed by atoms with Gasteiger partial charge < -0.3 is 15.2 Å². The molecular formula is C25H19ClFN3O3. The third kappa shape index (κ3) is 5.10. The summed E-state index contributed by atoms with van der Waals surface area (Å²) in [5.41, 5.74) is 2.12. The third-order valence-electron chi connectivity index (χ3n) is 4.92. The fourth-order valence-corrected chi connectivity index (χ4v) is 3.57. The predicted molar refractivity (Wildman–Crippen MR) is 125 cm³/mol. The van der Waals surface area contributed by atoms with Crippen LogP contribution in [0.5, 0.6) is 0 Å². The van der Waals surface area contributed by atoms with E-state index >= 15 is 0 Å². The van der Waals surface area contributed by atoms with Gasteiger partial charge in [0.15, 0.2) is 0 Å². The van der Waals surface area contributed by atoms with Gasteiger partial charge in [-0.25, -0.2) is 4.39 Å². The highest BCUT2D eigenvalue weighted by Gasteiger charge is 2.23. The standard InChI is InChI=1S/C25H19ClFN3O3/c1-15-23(24(30-33-15)18-9-5-6-10-19(18)26)25(32)28-17-11-12-20(27)21(14-17)29-22(31)13-16-7-3-2-4-8-16/h2-12,14H,13H2,1H3,(H,28,32)(H,29,31). The number of benzene rings is 3. The van der Waals surface area contributed by atoms with Gasteiger partial charge in [-0.1, -0.05) is 65.3 Å². The Morgan fingerprint density at radius 2 is 1.73 bits per heavy atom. The number of hydrogen-bond acceptors (Lipinski definition) is 4. The number of carbonyl (C=O) groups excluding carboxylic acids is 2. The molecule has 0 aliphatic heterocycles. The Labute approximate surface area is 194 Å². The average Bonchev–Trinajstić information content (AvgIpc) is 3.18. The highest BCUT2D eigenvalue weighted by molar-refractivity contribution is 6.33. The Hall–Kier alpha value is -3.97. The van der Waals surface area contributed by atoms with E-state index in [0.717, 1.165) is 5.56 Å². The van der Waals surface area contributed by atoms with Gasteiger partial charge in [-0.3, -0.25) is 9.59 Å². The van der Waals surface area contributed by atoms with E-state index in [1.165, 1.54) is 18.2 Å². The number of aromatic nitrogens is 1. The Morgan fingerprint density at radius 3 is 2.48 bits per heavy atom. The first-order chi connectivity index (χ1) is 15.9. The number of amides is 2. The molecule has 3 aromatic carbocycles. The van der Waals surface area contributed by atoms with Crippen LogP contribution in [0.2, 0.25) is 5.02 Å². The quantitative estimate of drug-likeness (QED) is 0.374. The zero-order valence-electron chi connectivity index (χ0n) is 17.6. The minimum atomic E-state index is -0.618. The summed E-state index contributed by atoms with van der Waals surface area (Å²) >= 11 is 6.25. The van der Waals surface area contributed by atoms with Crippen LogP contribution in [0.15, 0.2) is 77.3 Å². The van der Waals surface area contributed by atoms with Gasteiger partial charge in [0.25, 0.3) is 5.91 Å². The van der Waals surface area contributed by atoms with E-state index in [2.05, 4.69) is 15.8 Å². The third-order valence-corrected chi connectivity index (χ3v) is 5.25. The number of nitrogens with one attached hydrogen (secondary N) is 2. The predicted octanol–water partition coefficient (Wildman–Crippen LogP) is 5.88. The smallest absolute Gasteiger partial charge is 0.261 e. The van der Waals surface area contributed by atoms with Crippen molar-refractivity contribution in [1.82, 2.24) is 5.16 Å². The van der Waals surface area contributed by atoms with Gasteiger partial charge in [0.05, 0.1) is 17.1 Å². The van der Waals surface area contributed by atoms with Gasteiger partial charge in [0, 0.05) is 11.3 Å². The second-order valence-corrected chi connectivity index (χ2v) is 7.71. The summed E-state index contributed by atoms with van der Waals surface area (Å²) in [5.74, 6) is -1.19. The Balaban J connectivity index is 1.54. The Morgan fingerprint density at radius 1 is 1.00 bits per heavy atom. The number of anilines is 2. The lowest BCUT2D eigenvalue weighted by Gasteiger charge is -2.11. The fraction of sp³-hybridized carbons (Fsp3) is 0.0800. The highest BCUT2D eigenvalue weighted by Crippen LogP contribution is 2.31. The molecule has 0 aliphatic rings. The van der Waals surface area contributed by atoms with Gasteiger partial charge in [0.1, 0.15) is 22.8 Å². The molecule has 2 N–H and O–H groups in total. The molecule has 0 aliphatic carbocycles. The summed E-state index contributed by atoms with van der Waals surface area (Å²) in [6.07, 6.45) is 0.0952. The molecule has 33 heavy (non-hydrogen) atoms. The van der Waals surface area contributed by atoms with E-state index in [4.69, 9.17) is 16.1 Å². The number of halogens is 2. The van der Waals surface area contributed by atoms with Crippen molar-refractivity contribution in [3.8, 4) is 11.3 Å². The molecule has 0 fully saturated rings. The fourth-order valence-electron chi connectivity index (χ4n) is 3.34. The van der Waals surface area contributed by atoms with Gasteiger partial charge >= 0.3 is 0 Å². The van der Waals surface area contributed by atoms with Gasteiger partial charge in [0.2, 0.25) is 5.91 Å². The maximum absolute atomic E-state index is 14.3. The van der Waals surface area contributed by atoms with E-state index in [9.17, 15) is 14.0 Å². The summed E-state index contributed by atoms with van der Waals surface area (Å²) in [5, 5.41) is 9.66. The van der Waals surface area contributed by atoms with Crippen molar-refractivity contribution in [2.45, 2.75) is 13.3 Å². The van der Waals surface area contributed by atoms with Crippen molar-refractivity contribution in [3.63, 3.8) is 0 Å². The second-order valence-electron chi connectivity index (χ2n) is 7.30. The van der Waals surface area contributed by atoms with Crippen molar-refractivity contribution in [2.75, 3.05) is 10.6 Å². The number of nitrogens with zero attached hydrogens (tertiary/aromatic N) is 1. The lowest BCUT2D eigenvalue weighted by molar-refractivity contribution is -0.115. The van der Waals surface area contributed by atoms with Crippen molar-refractivity contribution < 1.29 is 18.5 Å². The first-order valence-corrected chi connectivity index (χ1v) is 10.5. The summed E-state index contributed by atoms with van der Waals surface area (Å²) < 4.78 is 19.5. The van der Waals surface area contributed by atoms with E-state index in [1.807, 2.05) is 30.3 Å². The van der Waals surface area contributed by atoms with Crippen molar-refractivity contribution in [3.05, 3.63) is 101 Å². The van der Waals surface area contributed by atoms with E-state index in [1.54, 1.807) is 31.2 Å². The van der Waals surface area contributed by atoms with Gasteiger partial charge in [-0.2, -0.15) is 0 Å². The molecule has 1 aromatic heterocycles. The monoisotopic (exact) mass is 463 g/mol. The summed E-state index contributed by atoms with van der Waals surface area (Å²) in [7, 11) is 0. The molecule has 6 nitrogen and oxygen atoms in total. The molecule has 2 amide bonds. The van der Waals surface area contributed by atoms with Crippen LogP contribution in [-0.4, -0.2) is 17.0 Å². The van der Waals surface area contributed by atoms with Crippen molar-refractivity contribution >= 4 is 34.8 Å². The molecule has 4 aromatic rings. The molecule has 0 saturated heterocycles. The minimum Gasteiger partial charge on any atom is -0.360 e. The molecule has 0 saturated carbocycles. The number of hydrogen-bond donors (Lipinski definition) is 2. The molecule has 1 heterocycles. The van der Waals surface area contributed by atoms with Gasteiger partial charge in [-0.05, 0) is 36.8 Å². The van der Waals surface area contributed by atoms with Crippen LogP contribution in [0.1, 0.15) is 21.7 Å². The SMILES string of the molecule is Cc1onc(-c2ccccc2Cl)c1C(=O)Nc1ccc(F)c(NC(=O)Cc2ccccc2)c1. The summed E-state index contributed by atoms with van der Waals surface area (Å²) in [6.45, 7) is 1.61. The van der Waals surface area contributed by atoms with Crippen LogP contribution in [0.4, 0.5) is 15.8 Å². The zero-order chi connectivity index (χ0) is 23.4. The molecule has 8 heteroatoms. The van der Waals surface area contributed by atoms with E-state index in [-0.39, 0.29) is 23.6 Å². The largest absolute Gasteiger partial charge is 0.360 e. The lowest BCUT2D eigenvalue weighted by atomic mass is 10.1. The van der Waals surface area contributed by atoms with Crippen LogP contribution in [0.25, 0.3) is 11.3 Å². The van der Waals surface area contributed by atoms with Gasteiger partial charge in [-0.15, -0.1) is 0 Å². The maximum Gasteiger partial charge on any atom is 0.261 e. The van der Waals surface area contributed by atoms with Crippen molar-refractivity contribution in [2.24, 2.45) is 0 Å². The Bertz CT molecular complexity index is 1320. The molecule has 0 atom stereocenters. The maximum atomic E-state index is 14.3. The van der Waals surface area contributed by atoms with Crippen LogP contribution in [0.3, 0.4) is 0 Å². The molecule has 166 valence electrons. The first kappa shape index (κ1) is 22.2. The second kappa shape index (κ2) is 9.67. The molecule has 0 radical (unpaired) electrons. The summed E-state index contributed by atoms with van der Waals surface area (Å²) in [6, 6.07) is 20.0. The average molecular weight is 464 g/mol. The molecule has 4 rings (SSSR count). The zero-order valence-corrected chi connectivity index (χ0v) is 18.3. The molecule has 0 spiro atoms. The number of aryl methyl sites for hydroxylation is 1. The number of rotatable bonds is 6. The minimum absolute atomic E-state index is 0.0397. The molecule has 0 bridgehead atoms. The lowest BCUT2D eigenvalue weighted by Crippen LogP contribution is -2.17. The summed E-state index contributed by atoms with van der Waals surface area (Å²) in [4.78, 5) is 25.4.